The first-order valence-electron chi connectivity index (χ1n) is 8.14. The number of benzene rings is 1. The van der Waals surface area contributed by atoms with E-state index in [2.05, 4.69) is 5.32 Å². The van der Waals surface area contributed by atoms with Gasteiger partial charge in [0.2, 0.25) is 16.0 Å². The highest BCUT2D eigenvalue weighted by molar-refractivity contribution is 7.97. The highest BCUT2D eigenvalue weighted by atomic mass is 32.3. The minimum Gasteiger partial charge on any atom is -0.592 e. The molecule has 140 valence electrons. The Bertz CT molecular complexity index is 1030. The van der Waals surface area contributed by atoms with Gasteiger partial charge in [-0.2, -0.15) is 0 Å². The number of sulfonamides is 1. The molecule has 1 aromatic carbocycles. The first kappa shape index (κ1) is 18.0. The third-order valence-electron chi connectivity index (χ3n) is 4.76. The van der Waals surface area contributed by atoms with Crippen molar-refractivity contribution in [3.05, 3.63) is 40.8 Å². The number of rotatable bonds is 3. The molecule has 2 unspecified atom stereocenters. The average Bonchev–Trinajstić information content (AvgIpc) is 3.20. The van der Waals surface area contributed by atoms with Gasteiger partial charge in [0.05, 0.1) is 5.56 Å². The van der Waals surface area contributed by atoms with Crippen LogP contribution in [-0.4, -0.2) is 33.2 Å². The molecule has 8 nitrogen and oxygen atoms in total. The molecule has 0 radical (unpaired) electrons. The molecule has 0 saturated carbocycles. The van der Waals surface area contributed by atoms with Gasteiger partial charge in [0, 0.05) is 18.5 Å². The normalized spacial score (nSPS) is 21.8. The van der Waals surface area contributed by atoms with Gasteiger partial charge < -0.3 is 9.45 Å². The van der Waals surface area contributed by atoms with Gasteiger partial charge in [0.15, 0.2) is 10.4 Å². The zero-order valence-corrected chi connectivity index (χ0v) is 15.6. The molecule has 1 aromatic heterocycles. The van der Waals surface area contributed by atoms with E-state index in [9.17, 15) is 23.1 Å². The van der Waals surface area contributed by atoms with E-state index in [4.69, 9.17) is 5.14 Å². The van der Waals surface area contributed by atoms with Crippen LogP contribution in [0.5, 0.6) is 0 Å². The van der Waals surface area contributed by atoms with E-state index < -0.39 is 22.3 Å². The van der Waals surface area contributed by atoms with Crippen molar-refractivity contribution in [2.24, 2.45) is 5.14 Å². The number of piperidine rings is 1. The van der Waals surface area contributed by atoms with Gasteiger partial charge in [0.25, 0.3) is 5.91 Å². The van der Waals surface area contributed by atoms with Crippen molar-refractivity contribution in [2.75, 3.05) is 0 Å². The monoisotopic (exact) mass is 405 g/mol. The molecule has 4 rings (SSSR count). The molecule has 27 heavy (non-hydrogen) atoms. The second-order valence-electron chi connectivity index (χ2n) is 6.40. The van der Waals surface area contributed by atoms with E-state index in [1.807, 2.05) is 0 Å². The minimum atomic E-state index is -3.90. The second-order valence-corrected chi connectivity index (χ2v) is 9.07. The number of hydrogen-bond acceptors (Lipinski definition) is 6. The lowest BCUT2D eigenvalue weighted by molar-refractivity contribution is -0.136. The zero-order chi connectivity index (χ0) is 19.3. The van der Waals surface area contributed by atoms with Crippen LogP contribution in [0.1, 0.15) is 28.8 Å². The summed E-state index contributed by atoms with van der Waals surface area (Å²) >= 11 is 1.01. The van der Waals surface area contributed by atoms with Gasteiger partial charge in [0.1, 0.15) is 6.04 Å². The fourth-order valence-electron chi connectivity index (χ4n) is 3.55. The molecule has 2 atom stereocenters. The van der Waals surface area contributed by atoms with Gasteiger partial charge in [-0.15, -0.1) is 5.14 Å². The fraction of sp³-hybridized carbons (Fsp3) is 0.235. The molecule has 2 aliphatic heterocycles. The quantitative estimate of drug-likeness (QED) is 0.581. The SMILES string of the molecule is N[S+](=O)([O-])c1sccc1-c1cccc2c1CN(C1CCC(=O)NC1=O)C2=O. The van der Waals surface area contributed by atoms with Crippen LogP contribution < -0.4 is 10.5 Å². The van der Waals surface area contributed by atoms with E-state index >= 15 is 0 Å². The van der Waals surface area contributed by atoms with Crippen LogP contribution in [0.25, 0.3) is 11.1 Å². The summed E-state index contributed by atoms with van der Waals surface area (Å²) in [6.45, 7) is 0.163. The Kier molecular flexibility index (Phi) is 4.22. The molecule has 0 bridgehead atoms. The van der Waals surface area contributed by atoms with Gasteiger partial charge >= 0.3 is 0 Å². The summed E-state index contributed by atoms with van der Waals surface area (Å²) in [7, 11) is -3.90. The molecular formula is C17H15N3O5S2. The van der Waals surface area contributed by atoms with Crippen molar-refractivity contribution in [3.63, 3.8) is 0 Å². The molecule has 1 saturated heterocycles. The highest BCUT2D eigenvalue weighted by Gasteiger charge is 2.40. The third kappa shape index (κ3) is 3.00. The maximum Gasteiger partial charge on any atom is 0.255 e. The molecular weight excluding hydrogens is 390 g/mol. The number of amides is 3. The van der Waals surface area contributed by atoms with Crippen LogP contribution in [-0.2, 0) is 30.7 Å². The van der Waals surface area contributed by atoms with E-state index in [-0.39, 0.29) is 35.4 Å². The molecule has 2 aromatic rings. The van der Waals surface area contributed by atoms with Crippen LogP contribution >= 0.6 is 11.3 Å². The summed E-state index contributed by atoms with van der Waals surface area (Å²) in [5, 5.41) is 9.19. The Morgan fingerprint density at radius 1 is 1.19 bits per heavy atom. The maximum absolute atomic E-state index is 12.8. The standard InChI is InChI=1S/C17H15N3O5S2/c18-27(24,25)17-11(6-7-26-17)9-2-1-3-10-12(9)8-20(16(10)23)13-4-5-14(21)19-15(13)22/h1-3,6-7,13H,4-5,8H2,(H3-,18,19,21,22,24,25). The number of carbonyl (C=O) groups is 3. The summed E-state index contributed by atoms with van der Waals surface area (Å²) in [6.07, 6.45) is 0.435. The van der Waals surface area contributed by atoms with Crippen molar-refractivity contribution < 1.29 is 23.1 Å². The van der Waals surface area contributed by atoms with Gasteiger partial charge in [-0.1, -0.05) is 27.7 Å². The lowest BCUT2D eigenvalue weighted by atomic mass is 9.99. The molecule has 3 amide bonds. The molecule has 0 spiro atoms. The topological polar surface area (TPSA) is 133 Å². The molecule has 10 heteroatoms. The van der Waals surface area contributed by atoms with E-state index in [0.717, 1.165) is 11.3 Å². The van der Waals surface area contributed by atoms with Crippen molar-refractivity contribution in [3.8, 4) is 11.1 Å². The molecule has 1 fully saturated rings. The summed E-state index contributed by atoms with van der Waals surface area (Å²) < 4.78 is 23.8. The number of primary sulfonamides is 1. The minimum absolute atomic E-state index is 0.0304. The van der Waals surface area contributed by atoms with Gasteiger partial charge in [-0.25, -0.2) is 0 Å². The molecule has 3 heterocycles. The van der Waals surface area contributed by atoms with E-state index in [1.54, 1.807) is 29.6 Å². The Labute approximate surface area is 159 Å². The second kappa shape index (κ2) is 6.34. The first-order chi connectivity index (χ1) is 12.8. The molecule has 3 N–H and O–H groups in total. The van der Waals surface area contributed by atoms with Crippen LogP contribution in [0.4, 0.5) is 0 Å². The summed E-state index contributed by atoms with van der Waals surface area (Å²) in [6, 6.07) is 5.98. The first-order valence-corrected chi connectivity index (χ1v) is 10.6. The smallest absolute Gasteiger partial charge is 0.255 e. The highest BCUT2D eigenvalue weighted by Crippen LogP contribution is 2.39. The summed E-state index contributed by atoms with van der Waals surface area (Å²) in [5.74, 6) is -1.15. The lowest BCUT2D eigenvalue weighted by Crippen LogP contribution is -2.52. The van der Waals surface area contributed by atoms with Crippen molar-refractivity contribution in [2.45, 2.75) is 29.6 Å². The Hall–Kier alpha value is -2.40. The van der Waals surface area contributed by atoms with E-state index in [0.29, 0.717) is 22.3 Å². The number of hydrogen-bond donors (Lipinski definition) is 2. The summed E-state index contributed by atoms with van der Waals surface area (Å²) in [4.78, 5) is 37.8. The number of imide groups is 1. The summed E-state index contributed by atoms with van der Waals surface area (Å²) in [5.41, 5.74) is 2.11. The fourth-order valence-corrected chi connectivity index (χ4v) is 5.37. The predicted molar refractivity (Wildman–Crippen MR) is 97.1 cm³/mol. The number of nitrogens with one attached hydrogen (secondary N) is 1. The van der Waals surface area contributed by atoms with Crippen molar-refractivity contribution in [1.29, 1.82) is 0 Å². The average molecular weight is 405 g/mol. The predicted octanol–water partition coefficient (Wildman–Crippen LogP) is 1.04. The molecule has 2 aliphatic rings. The van der Waals surface area contributed by atoms with Gasteiger partial charge in [-0.3, -0.25) is 19.7 Å². The number of nitrogens with zero attached hydrogens (tertiary/aromatic N) is 1. The number of nitrogens with two attached hydrogens (primary N) is 1. The maximum atomic E-state index is 12.8. The Morgan fingerprint density at radius 2 is 1.93 bits per heavy atom. The number of thiophene rings is 1. The van der Waals surface area contributed by atoms with Gasteiger partial charge in [-0.05, 0) is 35.1 Å². The third-order valence-corrected chi connectivity index (χ3v) is 7.19. The largest absolute Gasteiger partial charge is 0.592 e. The lowest BCUT2D eigenvalue weighted by Gasteiger charge is -2.29. The van der Waals surface area contributed by atoms with E-state index in [1.165, 1.54) is 4.90 Å². The number of fused-ring (bicyclic) bond motifs is 1. The number of carbonyl (C=O) groups excluding carboxylic acids is 3. The molecule has 0 aliphatic carbocycles. The van der Waals surface area contributed by atoms with Crippen LogP contribution in [0.15, 0.2) is 33.9 Å². The Balaban J connectivity index is 1.74. The van der Waals surface area contributed by atoms with Crippen LogP contribution in [0.2, 0.25) is 0 Å². The zero-order valence-electron chi connectivity index (χ0n) is 14.0. The van der Waals surface area contributed by atoms with Crippen LogP contribution in [0.3, 0.4) is 0 Å². The van der Waals surface area contributed by atoms with Crippen molar-refractivity contribution >= 4 is 39.5 Å². The van der Waals surface area contributed by atoms with Crippen molar-refractivity contribution in [1.82, 2.24) is 10.2 Å². The van der Waals surface area contributed by atoms with Crippen LogP contribution in [0, 0.1) is 0 Å². The Morgan fingerprint density at radius 3 is 2.63 bits per heavy atom.